The molecule has 1 aromatic rings. The lowest BCUT2D eigenvalue weighted by molar-refractivity contribution is -0.125. The second kappa shape index (κ2) is 8.28. The number of nitrogens with one attached hydrogen (secondary N) is 2. The van der Waals surface area contributed by atoms with E-state index in [0.29, 0.717) is 17.4 Å². The summed E-state index contributed by atoms with van der Waals surface area (Å²) in [6.07, 6.45) is 1.47. The monoisotopic (exact) mass is 286 g/mol. The molecule has 0 bridgehead atoms. The van der Waals surface area contributed by atoms with Gasteiger partial charge in [0.15, 0.2) is 0 Å². The molecule has 8 heteroatoms. The van der Waals surface area contributed by atoms with Gasteiger partial charge >= 0.3 is 0 Å². The minimum absolute atomic E-state index is 0.102. The molecule has 0 saturated heterocycles. The minimum Gasteiger partial charge on any atom is -0.476 e. The largest absolute Gasteiger partial charge is 0.476 e. The molecule has 1 aromatic heterocycles. The zero-order valence-electron chi connectivity index (χ0n) is 10.2. The number of ether oxygens (including phenoxy) is 1. The summed E-state index contributed by atoms with van der Waals surface area (Å²) in [5.41, 5.74) is 5.07. The molecule has 19 heavy (non-hydrogen) atoms. The van der Waals surface area contributed by atoms with Crippen LogP contribution in [0.2, 0.25) is 5.02 Å². The number of halogens is 1. The Hall–Kier alpha value is -1.86. The van der Waals surface area contributed by atoms with Crippen LogP contribution in [-0.2, 0) is 9.59 Å². The van der Waals surface area contributed by atoms with Crippen LogP contribution in [0, 0.1) is 0 Å². The Morgan fingerprint density at radius 1 is 1.32 bits per heavy atom. The van der Waals surface area contributed by atoms with E-state index in [0.717, 1.165) is 0 Å². The first kappa shape index (κ1) is 15.2. The number of nitrogens with zero attached hydrogens (tertiary/aromatic N) is 1. The first-order valence-corrected chi connectivity index (χ1v) is 5.97. The van der Waals surface area contributed by atoms with E-state index in [1.54, 1.807) is 12.1 Å². The number of hydrogen-bond acceptors (Lipinski definition) is 5. The van der Waals surface area contributed by atoms with Gasteiger partial charge in [0.05, 0.1) is 24.7 Å². The molecule has 2 amide bonds. The molecule has 0 atom stereocenters. The molecule has 0 radical (unpaired) electrons. The van der Waals surface area contributed by atoms with Crippen LogP contribution in [0.1, 0.15) is 0 Å². The third kappa shape index (κ3) is 6.58. The fourth-order valence-electron chi connectivity index (χ4n) is 1.11. The maximum atomic E-state index is 11.3. The van der Waals surface area contributed by atoms with Gasteiger partial charge in [-0.1, -0.05) is 11.6 Å². The van der Waals surface area contributed by atoms with E-state index in [9.17, 15) is 9.59 Å². The number of aromatic nitrogens is 1. The molecule has 104 valence electrons. The zero-order valence-corrected chi connectivity index (χ0v) is 10.9. The van der Waals surface area contributed by atoms with E-state index in [-0.39, 0.29) is 31.5 Å². The van der Waals surface area contributed by atoms with E-state index in [2.05, 4.69) is 15.6 Å². The van der Waals surface area contributed by atoms with E-state index < -0.39 is 0 Å². The number of nitrogens with two attached hydrogens (primary N) is 1. The highest BCUT2D eigenvalue weighted by Gasteiger charge is 2.03. The normalized spacial score (nSPS) is 9.79. The zero-order chi connectivity index (χ0) is 14.1. The smallest absolute Gasteiger partial charge is 0.239 e. The van der Waals surface area contributed by atoms with Crippen LogP contribution < -0.4 is 21.1 Å². The number of carbonyl (C=O) groups excluding carboxylic acids is 2. The van der Waals surface area contributed by atoms with Gasteiger partial charge in [-0.25, -0.2) is 4.98 Å². The van der Waals surface area contributed by atoms with Crippen molar-refractivity contribution in [2.75, 3.05) is 26.2 Å². The second-order valence-electron chi connectivity index (χ2n) is 3.49. The molecule has 0 aliphatic carbocycles. The Morgan fingerprint density at radius 3 is 2.74 bits per heavy atom. The maximum absolute atomic E-state index is 11.3. The van der Waals surface area contributed by atoms with Crippen molar-refractivity contribution in [3.05, 3.63) is 23.4 Å². The van der Waals surface area contributed by atoms with Crippen LogP contribution in [0.5, 0.6) is 5.88 Å². The highest BCUT2D eigenvalue weighted by atomic mass is 35.5. The summed E-state index contributed by atoms with van der Waals surface area (Å²) in [5.74, 6) is -0.263. The van der Waals surface area contributed by atoms with Crippen molar-refractivity contribution < 1.29 is 14.3 Å². The Labute approximate surface area is 115 Å². The molecular formula is C11H15ClN4O3. The van der Waals surface area contributed by atoms with Crippen LogP contribution in [0.4, 0.5) is 0 Å². The minimum atomic E-state index is -0.378. The summed E-state index contributed by atoms with van der Waals surface area (Å²) in [7, 11) is 0. The van der Waals surface area contributed by atoms with Crippen LogP contribution in [0.15, 0.2) is 18.3 Å². The third-order valence-corrected chi connectivity index (χ3v) is 2.23. The van der Waals surface area contributed by atoms with Crippen molar-refractivity contribution in [2.24, 2.45) is 5.73 Å². The number of pyridine rings is 1. The van der Waals surface area contributed by atoms with Crippen LogP contribution in [0.3, 0.4) is 0 Å². The molecular weight excluding hydrogens is 272 g/mol. The van der Waals surface area contributed by atoms with E-state index in [4.69, 9.17) is 22.1 Å². The van der Waals surface area contributed by atoms with Crippen LogP contribution >= 0.6 is 11.6 Å². The van der Waals surface area contributed by atoms with Crippen molar-refractivity contribution in [1.29, 1.82) is 0 Å². The average Bonchev–Trinajstić information content (AvgIpc) is 2.42. The molecule has 0 aliphatic heterocycles. The summed E-state index contributed by atoms with van der Waals surface area (Å²) in [4.78, 5) is 26.0. The summed E-state index contributed by atoms with van der Waals surface area (Å²) in [5, 5.41) is 5.45. The van der Waals surface area contributed by atoms with E-state index >= 15 is 0 Å². The highest BCUT2D eigenvalue weighted by Crippen LogP contribution is 2.10. The summed E-state index contributed by atoms with van der Waals surface area (Å²) in [6.45, 7) is 0.334. The standard InChI is InChI=1S/C11H15ClN4O3/c12-8-1-2-11(16-6-8)19-4-3-14-10(18)7-15-9(17)5-13/h1-2,6H,3-5,7,13H2,(H,14,18)(H,15,17). The van der Waals surface area contributed by atoms with E-state index in [1.807, 2.05) is 0 Å². The molecule has 0 fully saturated rings. The van der Waals surface area contributed by atoms with Crippen LogP contribution in [0.25, 0.3) is 0 Å². The summed E-state index contributed by atoms with van der Waals surface area (Å²) in [6, 6.07) is 3.29. The van der Waals surface area contributed by atoms with Crippen molar-refractivity contribution in [1.82, 2.24) is 15.6 Å². The number of amides is 2. The lowest BCUT2D eigenvalue weighted by atomic mass is 10.5. The van der Waals surface area contributed by atoms with Gasteiger partial charge < -0.3 is 21.1 Å². The number of rotatable bonds is 7. The van der Waals surface area contributed by atoms with Gasteiger partial charge in [0.2, 0.25) is 17.7 Å². The predicted molar refractivity (Wildman–Crippen MR) is 69.8 cm³/mol. The summed E-state index contributed by atoms with van der Waals surface area (Å²) >= 11 is 5.67. The van der Waals surface area contributed by atoms with Gasteiger partial charge in [-0.2, -0.15) is 0 Å². The average molecular weight is 287 g/mol. The number of carbonyl (C=O) groups is 2. The van der Waals surface area contributed by atoms with Crippen molar-refractivity contribution >= 4 is 23.4 Å². The Kier molecular flexibility index (Phi) is 6.62. The van der Waals surface area contributed by atoms with E-state index in [1.165, 1.54) is 6.20 Å². The highest BCUT2D eigenvalue weighted by molar-refractivity contribution is 6.30. The molecule has 1 heterocycles. The van der Waals surface area contributed by atoms with Gasteiger partial charge in [0, 0.05) is 12.3 Å². The molecule has 0 aliphatic rings. The maximum Gasteiger partial charge on any atom is 0.239 e. The lowest BCUT2D eigenvalue weighted by Gasteiger charge is -2.07. The van der Waals surface area contributed by atoms with Gasteiger partial charge in [-0.15, -0.1) is 0 Å². The Balaban J connectivity index is 2.11. The van der Waals surface area contributed by atoms with Gasteiger partial charge in [0.25, 0.3) is 0 Å². The topological polar surface area (TPSA) is 106 Å². The van der Waals surface area contributed by atoms with Gasteiger partial charge in [-0.05, 0) is 6.07 Å². The summed E-state index contributed by atoms with van der Waals surface area (Å²) < 4.78 is 5.27. The fourth-order valence-corrected chi connectivity index (χ4v) is 1.22. The van der Waals surface area contributed by atoms with Gasteiger partial charge in [0.1, 0.15) is 6.61 Å². The fraction of sp³-hybridized carbons (Fsp3) is 0.364. The second-order valence-corrected chi connectivity index (χ2v) is 3.93. The lowest BCUT2D eigenvalue weighted by Crippen LogP contribution is -2.40. The van der Waals surface area contributed by atoms with Crippen molar-refractivity contribution in [2.45, 2.75) is 0 Å². The quantitative estimate of drug-likeness (QED) is 0.575. The molecule has 4 N–H and O–H groups in total. The van der Waals surface area contributed by atoms with Crippen molar-refractivity contribution in [3.8, 4) is 5.88 Å². The molecule has 7 nitrogen and oxygen atoms in total. The first-order valence-electron chi connectivity index (χ1n) is 5.59. The molecule has 0 aromatic carbocycles. The first-order chi connectivity index (χ1) is 9.11. The van der Waals surface area contributed by atoms with Crippen molar-refractivity contribution in [3.63, 3.8) is 0 Å². The molecule has 0 unspecified atom stereocenters. The predicted octanol–water partition coefficient (Wildman–Crippen LogP) is -0.695. The van der Waals surface area contributed by atoms with Crippen LogP contribution in [-0.4, -0.2) is 43.0 Å². The Morgan fingerprint density at radius 2 is 2.11 bits per heavy atom. The molecule has 0 spiro atoms. The SMILES string of the molecule is NCC(=O)NCC(=O)NCCOc1ccc(Cl)cn1. The van der Waals surface area contributed by atoms with Gasteiger partial charge in [-0.3, -0.25) is 9.59 Å². The molecule has 1 rings (SSSR count). The third-order valence-electron chi connectivity index (χ3n) is 2.01. The Bertz CT molecular complexity index is 424. The number of hydrogen-bond donors (Lipinski definition) is 3. The molecule has 0 saturated carbocycles.